The van der Waals surface area contributed by atoms with Crippen LogP contribution in [0.1, 0.15) is 32.4 Å². The van der Waals surface area contributed by atoms with E-state index in [1.807, 2.05) is 31.7 Å². The van der Waals surface area contributed by atoms with E-state index in [1.165, 1.54) is 10.8 Å². The molecule has 0 saturated carbocycles. The molecule has 1 aromatic heterocycles. The first kappa shape index (κ1) is 16.9. The minimum absolute atomic E-state index is 0.0598. The minimum Gasteiger partial charge on any atom is -0.444 e. The molecule has 0 aliphatic carbocycles. The highest BCUT2D eigenvalue weighted by atomic mass is 16.6. The SMILES string of the molecule is CC(C)(C)OC(=O)N1CCNCC1c1cccc2c1[nH]c1ccccc12. The number of carbonyl (C=O) groups is 1. The average molecular weight is 351 g/mol. The maximum atomic E-state index is 12.8. The predicted octanol–water partition coefficient (Wildman–Crippen LogP) is 4.20. The maximum Gasteiger partial charge on any atom is 0.410 e. The lowest BCUT2D eigenvalue weighted by atomic mass is 10.00. The van der Waals surface area contributed by atoms with Gasteiger partial charge >= 0.3 is 6.09 Å². The van der Waals surface area contributed by atoms with E-state index in [9.17, 15) is 4.79 Å². The van der Waals surface area contributed by atoms with Crippen molar-refractivity contribution in [3.05, 3.63) is 48.0 Å². The number of ether oxygens (including phenoxy) is 1. The molecule has 1 aliphatic rings. The smallest absolute Gasteiger partial charge is 0.410 e. The third-order valence-electron chi connectivity index (χ3n) is 4.80. The summed E-state index contributed by atoms with van der Waals surface area (Å²) in [5.41, 5.74) is 2.83. The number of hydrogen-bond donors (Lipinski definition) is 2. The molecule has 2 N–H and O–H groups in total. The zero-order valence-corrected chi connectivity index (χ0v) is 15.5. The quantitative estimate of drug-likeness (QED) is 0.691. The summed E-state index contributed by atoms with van der Waals surface area (Å²) in [5.74, 6) is 0. The van der Waals surface area contributed by atoms with Gasteiger partial charge in [0.25, 0.3) is 0 Å². The molecule has 2 heterocycles. The van der Waals surface area contributed by atoms with E-state index < -0.39 is 5.60 Å². The Morgan fingerprint density at radius 1 is 1.12 bits per heavy atom. The summed E-state index contributed by atoms with van der Waals surface area (Å²) in [6, 6.07) is 14.5. The molecule has 4 rings (SSSR count). The van der Waals surface area contributed by atoms with Gasteiger partial charge < -0.3 is 15.0 Å². The third-order valence-corrected chi connectivity index (χ3v) is 4.80. The summed E-state index contributed by atoms with van der Waals surface area (Å²) in [7, 11) is 0. The first-order chi connectivity index (χ1) is 12.4. The molecule has 5 heteroatoms. The molecule has 3 aromatic rings. The van der Waals surface area contributed by atoms with Crippen molar-refractivity contribution in [3.8, 4) is 0 Å². The Kier molecular flexibility index (Phi) is 4.11. The van der Waals surface area contributed by atoms with E-state index in [4.69, 9.17) is 4.74 Å². The molecule has 5 nitrogen and oxygen atoms in total. The van der Waals surface area contributed by atoms with Crippen LogP contribution in [0.25, 0.3) is 21.8 Å². The molecule has 1 amide bonds. The minimum atomic E-state index is -0.500. The molecule has 1 unspecified atom stereocenters. The monoisotopic (exact) mass is 351 g/mol. The van der Waals surface area contributed by atoms with Gasteiger partial charge in [0.15, 0.2) is 0 Å². The first-order valence-electron chi connectivity index (χ1n) is 9.14. The molecule has 0 radical (unpaired) electrons. The molecule has 26 heavy (non-hydrogen) atoms. The number of H-pyrrole nitrogens is 1. The average Bonchev–Trinajstić information content (AvgIpc) is 2.99. The van der Waals surface area contributed by atoms with Gasteiger partial charge in [0, 0.05) is 41.5 Å². The van der Waals surface area contributed by atoms with Gasteiger partial charge in [-0.05, 0) is 26.8 Å². The van der Waals surface area contributed by atoms with E-state index in [2.05, 4.69) is 46.7 Å². The fourth-order valence-electron chi connectivity index (χ4n) is 3.69. The zero-order chi connectivity index (χ0) is 18.3. The summed E-state index contributed by atoms with van der Waals surface area (Å²) >= 11 is 0. The molecule has 1 atom stereocenters. The Morgan fingerprint density at radius 3 is 2.69 bits per heavy atom. The number of hydrogen-bond acceptors (Lipinski definition) is 3. The van der Waals surface area contributed by atoms with Crippen LogP contribution in [0.15, 0.2) is 42.5 Å². The Morgan fingerprint density at radius 2 is 1.88 bits per heavy atom. The number of rotatable bonds is 1. The molecule has 1 fully saturated rings. The van der Waals surface area contributed by atoms with Crippen molar-refractivity contribution in [1.29, 1.82) is 0 Å². The van der Waals surface area contributed by atoms with Crippen LogP contribution in [-0.2, 0) is 4.74 Å². The number of piperazine rings is 1. The summed E-state index contributed by atoms with van der Waals surface area (Å²) in [6.07, 6.45) is -0.253. The first-order valence-corrected chi connectivity index (χ1v) is 9.14. The summed E-state index contributed by atoms with van der Waals surface area (Å²) < 4.78 is 5.65. The Balaban J connectivity index is 1.78. The highest BCUT2D eigenvalue weighted by molar-refractivity contribution is 6.08. The van der Waals surface area contributed by atoms with Crippen LogP contribution < -0.4 is 5.32 Å². The normalized spacial score (nSPS) is 18.4. The zero-order valence-electron chi connectivity index (χ0n) is 15.5. The number of benzene rings is 2. The van der Waals surface area contributed by atoms with Crippen molar-refractivity contribution in [3.63, 3.8) is 0 Å². The van der Waals surface area contributed by atoms with E-state index >= 15 is 0 Å². The largest absolute Gasteiger partial charge is 0.444 e. The highest BCUT2D eigenvalue weighted by Crippen LogP contribution is 2.33. The Bertz CT molecular complexity index is 955. The van der Waals surface area contributed by atoms with Crippen molar-refractivity contribution >= 4 is 27.9 Å². The lowest BCUT2D eigenvalue weighted by Gasteiger charge is -2.37. The van der Waals surface area contributed by atoms with E-state index in [0.717, 1.165) is 23.1 Å². The molecule has 0 spiro atoms. The van der Waals surface area contributed by atoms with Gasteiger partial charge in [0.2, 0.25) is 0 Å². The summed E-state index contributed by atoms with van der Waals surface area (Å²) in [5, 5.41) is 5.81. The van der Waals surface area contributed by atoms with Crippen LogP contribution >= 0.6 is 0 Å². The van der Waals surface area contributed by atoms with Crippen LogP contribution in [-0.4, -0.2) is 41.2 Å². The predicted molar refractivity (Wildman–Crippen MR) is 104 cm³/mol. The van der Waals surface area contributed by atoms with Crippen LogP contribution in [0.4, 0.5) is 4.79 Å². The van der Waals surface area contributed by atoms with Crippen molar-refractivity contribution in [2.24, 2.45) is 0 Å². The van der Waals surface area contributed by atoms with Crippen LogP contribution in [0.3, 0.4) is 0 Å². The second-order valence-electron chi connectivity index (χ2n) is 7.83. The van der Waals surface area contributed by atoms with Crippen LogP contribution in [0.5, 0.6) is 0 Å². The maximum absolute atomic E-state index is 12.8. The number of carbonyl (C=O) groups excluding carboxylic acids is 1. The highest BCUT2D eigenvalue weighted by Gasteiger charge is 2.32. The van der Waals surface area contributed by atoms with Gasteiger partial charge in [-0.15, -0.1) is 0 Å². The molecular formula is C21H25N3O2. The van der Waals surface area contributed by atoms with Crippen molar-refractivity contribution in [1.82, 2.24) is 15.2 Å². The van der Waals surface area contributed by atoms with Gasteiger partial charge in [-0.2, -0.15) is 0 Å². The van der Waals surface area contributed by atoms with Crippen molar-refractivity contribution in [2.45, 2.75) is 32.4 Å². The number of para-hydroxylation sites is 2. The van der Waals surface area contributed by atoms with Crippen LogP contribution in [0.2, 0.25) is 0 Å². The Hall–Kier alpha value is -2.53. The number of fused-ring (bicyclic) bond motifs is 3. The number of amides is 1. The molecule has 1 aliphatic heterocycles. The van der Waals surface area contributed by atoms with E-state index in [0.29, 0.717) is 13.1 Å². The number of aromatic amines is 1. The third kappa shape index (κ3) is 3.03. The van der Waals surface area contributed by atoms with Gasteiger partial charge in [0.05, 0.1) is 11.6 Å². The molecule has 136 valence electrons. The van der Waals surface area contributed by atoms with Crippen molar-refractivity contribution < 1.29 is 9.53 Å². The molecule has 0 bridgehead atoms. The van der Waals surface area contributed by atoms with Gasteiger partial charge in [-0.25, -0.2) is 4.79 Å². The second kappa shape index (κ2) is 6.32. The topological polar surface area (TPSA) is 57.4 Å². The van der Waals surface area contributed by atoms with Crippen LogP contribution in [0, 0.1) is 0 Å². The van der Waals surface area contributed by atoms with E-state index in [1.54, 1.807) is 0 Å². The Labute approximate surface area is 153 Å². The lowest BCUT2D eigenvalue weighted by molar-refractivity contribution is 0.0119. The summed E-state index contributed by atoms with van der Waals surface area (Å²) in [6.45, 7) is 7.84. The number of aromatic nitrogens is 1. The standard InChI is InChI=1S/C21H25N3O2/c1-21(2,3)26-20(25)24-12-11-22-13-18(24)16-9-6-8-15-14-7-4-5-10-17(14)23-19(15)16/h4-10,18,22-23H,11-13H2,1-3H3. The van der Waals surface area contributed by atoms with Crippen molar-refractivity contribution in [2.75, 3.05) is 19.6 Å². The fraction of sp³-hybridized carbons (Fsp3) is 0.381. The van der Waals surface area contributed by atoms with Gasteiger partial charge in [-0.1, -0.05) is 36.4 Å². The van der Waals surface area contributed by atoms with Gasteiger partial charge in [0.1, 0.15) is 5.60 Å². The lowest BCUT2D eigenvalue weighted by Crippen LogP contribution is -2.50. The fourth-order valence-corrected chi connectivity index (χ4v) is 3.69. The van der Waals surface area contributed by atoms with E-state index in [-0.39, 0.29) is 12.1 Å². The number of nitrogens with zero attached hydrogens (tertiary/aromatic N) is 1. The van der Waals surface area contributed by atoms with Gasteiger partial charge in [-0.3, -0.25) is 4.90 Å². The molecule has 1 saturated heterocycles. The molecule has 2 aromatic carbocycles. The summed E-state index contributed by atoms with van der Waals surface area (Å²) in [4.78, 5) is 18.2. The second-order valence-corrected chi connectivity index (χ2v) is 7.83. The number of nitrogens with one attached hydrogen (secondary N) is 2. The molecular weight excluding hydrogens is 326 g/mol.